The number of carbonyl (C=O) groups is 8. The largest absolute Gasteiger partial charge is 0.506 e. The summed E-state index contributed by atoms with van der Waals surface area (Å²) in [4.78, 5) is 143. The highest BCUT2D eigenvalue weighted by Crippen LogP contribution is 2.43. The predicted octanol–water partition coefficient (Wildman–Crippen LogP) is 4.28. The van der Waals surface area contributed by atoms with E-state index in [-0.39, 0.29) is 105 Å². The molecule has 0 aliphatic carbocycles. The van der Waals surface area contributed by atoms with Gasteiger partial charge in [-0.15, -0.1) is 56.7 Å². The first-order valence-electron chi connectivity index (χ1n) is 30.2. The minimum atomic E-state index is -1.75. The Hall–Kier alpha value is -9.54. The number of aliphatic hydroxyl groups excluding tert-OH is 1. The van der Waals surface area contributed by atoms with E-state index >= 15 is 4.79 Å². The van der Waals surface area contributed by atoms with Crippen LogP contribution >= 0.6 is 56.7 Å². The van der Waals surface area contributed by atoms with Crippen LogP contribution < -0.4 is 32.3 Å². The van der Waals surface area contributed by atoms with E-state index in [1.807, 2.05) is 0 Å². The molecule has 10 unspecified atom stereocenters. The molecule has 518 valence electrons. The molecular weight excluding hydrogens is 1390 g/mol. The first kappa shape index (κ1) is 69.4. The molecule has 0 saturated carbocycles. The number of cyclic esters (lactones) is 2. The number of ether oxygens (including phenoxy) is 6. The number of hydrogen-bond acceptors (Lipinski definition) is 30. The minimum absolute atomic E-state index is 0.00855. The van der Waals surface area contributed by atoms with Gasteiger partial charge in [-0.3, -0.25) is 28.8 Å². The third kappa shape index (κ3) is 14.0. The smallest absolute Gasteiger partial charge is 0.358 e. The molecule has 0 radical (unpaired) electrons. The quantitative estimate of drug-likeness (QED) is 0.0417. The molecule has 99 heavy (non-hydrogen) atoms. The number of methoxy groups -OCH3 is 1. The van der Waals surface area contributed by atoms with Crippen LogP contribution in [0.1, 0.15) is 131 Å². The van der Waals surface area contributed by atoms with E-state index in [9.17, 15) is 54.1 Å². The number of aliphatic hydroxyl groups is 2. The van der Waals surface area contributed by atoms with Crippen LogP contribution in [0.4, 0.5) is 0 Å². The number of nitrogens with two attached hydrogens (primary N) is 1. The number of likely N-dealkylation sites (N-methyl/N-ethyl adjacent to an activating group) is 1. The van der Waals surface area contributed by atoms with Crippen LogP contribution in [0.3, 0.4) is 0 Å². The minimum Gasteiger partial charge on any atom is -0.506 e. The fourth-order valence-electron chi connectivity index (χ4n) is 11.9. The van der Waals surface area contributed by atoms with Crippen molar-refractivity contribution >= 4 is 121 Å². The number of nitrogens with zero attached hydrogens (tertiary/aromatic N) is 8. The van der Waals surface area contributed by atoms with Gasteiger partial charge in [-0.2, -0.15) is 4.73 Å². The zero-order valence-corrected chi connectivity index (χ0v) is 57.4. The van der Waals surface area contributed by atoms with Crippen LogP contribution in [0.2, 0.25) is 0 Å². The van der Waals surface area contributed by atoms with Gasteiger partial charge in [0.25, 0.3) is 29.5 Å². The van der Waals surface area contributed by atoms with E-state index in [4.69, 9.17) is 49.1 Å². The van der Waals surface area contributed by atoms with Crippen molar-refractivity contribution in [2.45, 2.75) is 114 Å². The highest BCUT2D eigenvalue weighted by Gasteiger charge is 2.49. The number of benzene rings is 1. The number of hydrogen-bond donors (Lipinski definition) is 10. The summed E-state index contributed by atoms with van der Waals surface area (Å²) in [7, 11) is 4.88. The van der Waals surface area contributed by atoms with E-state index in [1.165, 1.54) is 60.0 Å². The molecule has 4 aliphatic heterocycles. The summed E-state index contributed by atoms with van der Waals surface area (Å²) in [5, 5.41) is 67.7. The number of aromatic hydroxyl groups is 1. The third-order valence-electron chi connectivity index (χ3n) is 16.6. The first-order valence-corrected chi connectivity index (χ1v) is 34.5. The number of carbonyl (C=O) groups excluding carboxylic acids is 8. The van der Waals surface area contributed by atoms with Crippen molar-refractivity contribution in [2.75, 3.05) is 27.8 Å². The Kier molecular flexibility index (Phi) is 19.6. The second-order valence-corrected chi connectivity index (χ2v) is 28.1. The lowest BCUT2D eigenvalue weighted by Crippen LogP contribution is -2.61. The SMILES string of the molecule is C=C(NC(=O)c1csc(-c2nc3c(cc2O)-c2nc(cs2)C(=O)NC(C(C)O)C(=O)N/C(=C(/C)OC)c2nc(cs2)C(=O)NC2CC4OCc5c(n(O)c6cccc(c56)COC(=O)C4OC4CC(C)(O)C(N(C)C)C(C)O4)C(=O)OCC(NC(=O)c4csc2n4)c2nc-3cs2)n1)C(N)=O. The van der Waals surface area contributed by atoms with Crippen molar-refractivity contribution in [1.82, 2.24) is 66.1 Å². The fourth-order valence-corrected chi connectivity index (χ4v) is 16.1. The van der Waals surface area contributed by atoms with Crippen molar-refractivity contribution in [3.63, 3.8) is 0 Å². The zero-order chi connectivity index (χ0) is 70.6. The van der Waals surface area contributed by atoms with Crippen LogP contribution in [0, 0.1) is 0 Å². The number of pyridine rings is 1. The molecule has 8 aromatic rings. The lowest BCUT2D eigenvalue weighted by molar-refractivity contribution is -0.279. The van der Waals surface area contributed by atoms with Crippen molar-refractivity contribution < 1.29 is 87.3 Å². The highest BCUT2D eigenvalue weighted by atomic mass is 32.1. The Morgan fingerprint density at radius 1 is 0.848 bits per heavy atom. The standard InChI is InChI=1S/C62H62N14O18S5/c1-23(49(63)79)64-50(80)33-21-99-59(71-33)45-38(78)12-28-44(72-45)32-18-96-57(67-32)31-17-92-60(85)46-29-16-90-39(47(94-40-14-62(5,87)48(75(6)7)26(4)93-40)61(86)91-15-27-10-9-11-37(41(27)29)76(46)88)13-30(56-69-34(20-97-56)52(82)66-31)65-51(81)35-22-98-58(70-35)43(25(3)89-8)74-54(84)42(24(2)77)73-53(83)36-19-95-55(28)68-36/h9-12,18-22,24,26,30-31,39-40,42,47-48,77-78,87-88H,1,13-17H2,2-8H3,(H2,63,79)(H,64,80)(H,65,81)(H,66,82)(H,73,83)(H,74,84)/b43-25-. The fraction of sp³-hybridized carbons (Fsp3) is 0.355. The number of fused-ring (bicyclic) bond motifs is 14. The van der Waals surface area contributed by atoms with E-state index in [1.54, 1.807) is 45.0 Å². The lowest BCUT2D eigenvalue weighted by atomic mass is 9.85. The van der Waals surface area contributed by atoms with Crippen LogP contribution in [0.15, 0.2) is 69.2 Å². The number of esters is 2. The zero-order valence-electron chi connectivity index (χ0n) is 53.3. The Bertz CT molecular complexity index is 4620. The molecular formula is C62H62N14O18S5. The molecule has 0 spiro atoms. The molecule has 11 N–H and O–H groups in total. The summed E-state index contributed by atoms with van der Waals surface area (Å²) in [6, 6.07) is 1.07. The van der Waals surface area contributed by atoms with Crippen molar-refractivity contribution in [3.8, 4) is 38.4 Å². The molecule has 4 aliphatic rings. The molecule has 7 aromatic heterocycles. The summed E-state index contributed by atoms with van der Waals surface area (Å²) in [5.41, 5.74) is 2.37. The molecule has 12 rings (SSSR count). The van der Waals surface area contributed by atoms with E-state index < -0.39 is 151 Å². The second kappa shape index (κ2) is 28.0. The molecule has 32 nitrogen and oxygen atoms in total. The van der Waals surface area contributed by atoms with Gasteiger partial charge in [-0.05, 0) is 59.5 Å². The summed E-state index contributed by atoms with van der Waals surface area (Å²) < 4.78 is 38.1. The van der Waals surface area contributed by atoms with Crippen LogP contribution in [-0.2, 0) is 56.0 Å². The number of amides is 6. The maximum Gasteiger partial charge on any atom is 0.358 e. The Labute approximate surface area is 580 Å². The number of allylic oxidation sites excluding steroid dienone is 1. The van der Waals surface area contributed by atoms with Crippen LogP contribution in [0.5, 0.6) is 5.75 Å². The molecule has 1 saturated heterocycles. The van der Waals surface area contributed by atoms with Gasteiger partial charge in [-0.1, -0.05) is 18.7 Å². The number of primary amides is 1. The van der Waals surface area contributed by atoms with Gasteiger partial charge in [0.05, 0.1) is 60.9 Å². The highest BCUT2D eigenvalue weighted by molar-refractivity contribution is 7.14. The first-order chi connectivity index (χ1) is 47.2. The van der Waals surface area contributed by atoms with Gasteiger partial charge in [0, 0.05) is 56.3 Å². The van der Waals surface area contributed by atoms with E-state index in [0.29, 0.717) is 10.3 Å². The van der Waals surface area contributed by atoms with Gasteiger partial charge in [0.15, 0.2) is 18.1 Å². The average molecular weight is 1450 g/mol. The molecule has 1 fully saturated rings. The summed E-state index contributed by atoms with van der Waals surface area (Å²) >= 11 is 4.59. The Morgan fingerprint density at radius 2 is 1.49 bits per heavy atom. The van der Waals surface area contributed by atoms with E-state index in [2.05, 4.69) is 48.1 Å². The van der Waals surface area contributed by atoms with Gasteiger partial charge in [0.2, 0.25) is 5.91 Å². The molecule has 6 amide bonds. The molecule has 10 atom stereocenters. The normalized spacial score (nSPS) is 24.0. The van der Waals surface area contributed by atoms with Crippen molar-refractivity contribution in [2.24, 2.45) is 5.73 Å². The molecule has 12 bridgehead atoms. The molecule has 1 aromatic carbocycles. The van der Waals surface area contributed by atoms with Gasteiger partial charge in [-0.25, -0.2) is 39.5 Å². The summed E-state index contributed by atoms with van der Waals surface area (Å²) in [6.45, 7) is 7.89. The number of thiazole rings is 5. The molecule has 11 heterocycles. The van der Waals surface area contributed by atoms with Crippen molar-refractivity contribution in [3.05, 3.63) is 124 Å². The maximum absolute atomic E-state index is 15.0. The Balaban J connectivity index is 1.02. The van der Waals surface area contributed by atoms with Gasteiger partial charge >= 0.3 is 11.9 Å². The third-order valence-corrected chi connectivity index (χ3v) is 21.1. The summed E-state index contributed by atoms with van der Waals surface area (Å²) in [5.74, 6) is -7.97. The van der Waals surface area contributed by atoms with Gasteiger partial charge < -0.3 is 86.2 Å². The van der Waals surface area contributed by atoms with Crippen LogP contribution in [0.25, 0.3) is 49.3 Å². The average Bonchev–Trinajstić information content (AvgIpc) is 1.65. The van der Waals surface area contributed by atoms with Crippen LogP contribution in [-0.4, -0.2) is 184 Å². The number of rotatable bonds is 9. The van der Waals surface area contributed by atoms with Gasteiger partial charge in [0.1, 0.15) is 107 Å². The maximum atomic E-state index is 15.0. The Morgan fingerprint density at radius 3 is 2.19 bits per heavy atom. The number of aromatic nitrogens is 7. The predicted molar refractivity (Wildman–Crippen MR) is 355 cm³/mol. The monoisotopic (exact) mass is 1450 g/mol. The number of nitrogens with one attached hydrogen (secondary N) is 5. The summed E-state index contributed by atoms with van der Waals surface area (Å²) in [6.07, 6.45) is -7.34. The lowest BCUT2D eigenvalue weighted by Gasteiger charge is -2.48. The van der Waals surface area contributed by atoms with Crippen molar-refractivity contribution in [1.29, 1.82) is 0 Å². The second-order valence-electron chi connectivity index (χ2n) is 23.7. The topological polar surface area (TPSA) is 445 Å². The van der Waals surface area contributed by atoms with E-state index in [0.717, 1.165) is 56.7 Å². The molecule has 37 heteroatoms.